The second kappa shape index (κ2) is 3.95. The number of likely N-dealkylation sites (N-methyl/N-ethyl adjacent to an activating group) is 1. The molecule has 4 heteroatoms. The van der Waals surface area contributed by atoms with Gasteiger partial charge in [0, 0.05) is 23.9 Å². The fourth-order valence-corrected chi connectivity index (χ4v) is 2.43. The Labute approximate surface area is 92.7 Å². The molecule has 0 spiro atoms. The van der Waals surface area contributed by atoms with Gasteiger partial charge in [-0.05, 0) is 48.9 Å². The number of aryl methyl sites for hydroxylation is 1. The lowest BCUT2D eigenvalue weighted by molar-refractivity contribution is 0.410. The molecule has 0 aromatic carbocycles. The van der Waals surface area contributed by atoms with E-state index >= 15 is 0 Å². The number of nitrogens with zero attached hydrogens (tertiary/aromatic N) is 3. The van der Waals surface area contributed by atoms with Gasteiger partial charge in [0.25, 0.3) is 0 Å². The molecule has 1 aromatic rings. The fourth-order valence-electron chi connectivity index (χ4n) is 1.94. The monoisotopic (exact) mass is 255 g/mol. The molecule has 0 bridgehead atoms. The lowest BCUT2D eigenvalue weighted by Crippen LogP contribution is -2.14. The quantitative estimate of drug-likeness (QED) is 0.719. The van der Waals surface area contributed by atoms with Crippen molar-refractivity contribution < 1.29 is 0 Å². The third-order valence-electron chi connectivity index (χ3n) is 2.66. The first kappa shape index (κ1) is 10.1. The first-order valence-electron chi connectivity index (χ1n) is 4.85. The number of hydrogen-bond donors (Lipinski definition) is 0. The molecular weight excluding hydrogens is 242 g/mol. The van der Waals surface area contributed by atoms with E-state index in [4.69, 9.17) is 0 Å². The molecule has 0 amide bonds. The van der Waals surface area contributed by atoms with Crippen LogP contribution in [0, 0.1) is 6.92 Å². The molecule has 1 unspecified atom stereocenters. The van der Waals surface area contributed by atoms with Crippen LogP contribution in [0.5, 0.6) is 0 Å². The maximum Gasteiger partial charge on any atom is 0.197 e. The number of aromatic nitrogens is 2. The molecule has 2 heterocycles. The fraction of sp³-hybridized carbons (Fsp3) is 0.600. The van der Waals surface area contributed by atoms with Gasteiger partial charge in [0.15, 0.2) is 4.73 Å². The zero-order valence-electron chi connectivity index (χ0n) is 8.50. The van der Waals surface area contributed by atoms with Gasteiger partial charge >= 0.3 is 0 Å². The zero-order chi connectivity index (χ0) is 10.1. The molecule has 14 heavy (non-hydrogen) atoms. The average Bonchev–Trinajstić information content (AvgIpc) is 2.50. The topological polar surface area (TPSA) is 29.0 Å². The summed E-state index contributed by atoms with van der Waals surface area (Å²) in [5, 5.41) is 0. The van der Waals surface area contributed by atoms with E-state index in [1.54, 1.807) is 0 Å². The number of hydrogen-bond acceptors (Lipinski definition) is 3. The van der Waals surface area contributed by atoms with Crippen LogP contribution in [-0.4, -0.2) is 35.0 Å². The minimum absolute atomic E-state index is 0.581. The van der Waals surface area contributed by atoms with Gasteiger partial charge in [-0.1, -0.05) is 0 Å². The second-order valence-corrected chi connectivity index (χ2v) is 4.66. The molecule has 0 aliphatic carbocycles. The van der Waals surface area contributed by atoms with Gasteiger partial charge in [0.05, 0.1) is 0 Å². The predicted octanol–water partition coefficient (Wildman–Crippen LogP) is 1.97. The highest BCUT2D eigenvalue weighted by molar-refractivity contribution is 9.10. The summed E-state index contributed by atoms with van der Waals surface area (Å²) in [4.78, 5) is 11.0. The minimum atomic E-state index is 0.581. The van der Waals surface area contributed by atoms with E-state index in [2.05, 4.69) is 43.9 Å². The van der Waals surface area contributed by atoms with Crippen molar-refractivity contribution >= 4 is 15.9 Å². The minimum Gasteiger partial charge on any atom is -0.306 e. The molecule has 0 N–H and O–H groups in total. The van der Waals surface area contributed by atoms with E-state index in [1.807, 2.05) is 6.92 Å². The van der Waals surface area contributed by atoms with Gasteiger partial charge in [-0.25, -0.2) is 9.97 Å². The van der Waals surface area contributed by atoms with Crippen molar-refractivity contribution in [1.29, 1.82) is 0 Å². The molecule has 1 aromatic heterocycles. The molecule has 76 valence electrons. The van der Waals surface area contributed by atoms with E-state index < -0.39 is 0 Å². The Morgan fingerprint density at radius 3 is 2.86 bits per heavy atom. The Bertz CT molecular complexity index is 320. The third-order valence-corrected chi connectivity index (χ3v) is 3.01. The van der Waals surface area contributed by atoms with Crippen LogP contribution < -0.4 is 0 Å². The Morgan fingerprint density at radius 1 is 1.50 bits per heavy atom. The standard InChI is InChI=1S/C10H14BrN3/c1-7-5-9(13-10(11)12-7)8-3-4-14(2)6-8/h5,8H,3-4,6H2,1-2H3. The Hall–Kier alpha value is -0.480. The maximum atomic E-state index is 4.43. The van der Waals surface area contributed by atoms with E-state index in [1.165, 1.54) is 18.7 Å². The molecule has 1 saturated heterocycles. The van der Waals surface area contributed by atoms with Crippen molar-refractivity contribution in [2.24, 2.45) is 0 Å². The molecular formula is C10H14BrN3. The van der Waals surface area contributed by atoms with Crippen LogP contribution in [0.1, 0.15) is 23.7 Å². The molecule has 0 radical (unpaired) electrons. The van der Waals surface area contributed by atoms with Crippen LogP contribution in [0.15, 0.2) is 10.8 Å². The molecule has 2 rings (SSSR count). The summed E-state index contributed by atoms with van der Waals surface area (Å²) in [6.07, 6.45) is 1.21. The summed E-state index contributed by atoms with van der Waals surface area (Å²) >= 11 is 3.34. The van der Waals surface area contributed by atoms with Crippen LogP contribution in [0.2, 0.25) is 0 Å². The van der Waals surface area contributed by atoms with E-state index in [-0.39, 0.29) is 0 Å². The maximum absolute atomic E-state index is 4.43. The van der Waals surface area contributed by atoms with Gasteiger partial charge in [-0.15, -0.1) is 0 Å². The van der Waals surface area contributed by atoms with E-state index in [9.17, 15) is 0 Å². The normalized spacial score (nSPS) is 22.9. The molecule has 3 nitrogen and oxygen atoms in total. The highest BCUT2D eigenvalue weighted by Gasteiger charge is 2.22. The predicted molar refractivity (Wildman–Crippen MR) is 59.3 cm³/mol. The highest BCUT2D eigenvalue weighted by Crippen LogP contribution is 2.25. The summed E-state index contributed by atoms with van der Waals surface area (Å²) < 4.78 is 0.710. The lowest BCUT2D eigenvalue weighted by atomic mass is 10.0. The molecule has 1 fully saturated rings. The third kappa shape index (κ3) is 2.12. The SMILES string of the molecule is Cc1cc(C2CCN(C)C2)nc(Br)n1. The lowest BCUT2D eigenvalue weighted by Gasteiger charge is -2.10. The molecule has 1 atom stereocenters. The van der Waals surface area contributed by atoms with Crippen molar-refractivity contribution in [2.75, 3.05) is 20.1 Å². The summed E-state index contributed by atoms with van der Waals surface area (Å²) in [6, 6.07) is 2.09. The Balaban J connectivity index is 2.23. The van der Waals surface area contributed by atoms with Crippen molar-refractivity contribution in [3.8, 4) is 0 Å². The van der Waals surface area contributed by atoms with Gasteiger partial charge in [-0.3, -0.25) is 0 Å². The first-order chi connectivity index (χ1) is 6.65. The highest BCUT2D eigenvalue weighted by atomic mass is 79.9. The number of likely N-dealkylation sites (tertiary alicyclic amines) is 1. The van der Waals surface area contributed by atoms with E-state index in [0.29, 0.717) is 10.7 Å². The summed E-state index contributed by atoms with van der Waals surface area (Å²) in [5.41, 5.74) is 2.21. The average molecular weight is 256 g/mol. The van der Waals surface area contributed by atoms with Gasteiger partial charge in [-0.2, -0.15) is 0 Å². The number of rotatable bonds is 1. The van der Waals surface area contributed by atoms with E-state index in [0.717, 1.165) is 12.2 Å². The second-order valence-electron chi connectivity index (χ2n) is 3.95. The van der Waals surface area contributed by atoms with Crippen LogP contribution in [-0.2, 0) is 0 Å². The largest absolute Gasteiger partial charge is 0.306 e. The zero-order valence-corrected chi connectivity index (χ0v) is 10.1. The van der Waals surface area contributed by atoms with Crippen molar-refractivity contribution in [2.45, 2.75) is 19.3 Å². The van der Waals surface area contributed by atoms with Crippen LogP contribution in [0.4, 0.5) is 0 Å². The molecule has 1 aliphatic rings. The van der Waals surface area contributed by atoms with Gasteiger partial charge in [0.1, 0.15) is 0 Å². The summed E-state index contributed by atoms with van der Waals surface area (Å²) in [5.74, 6) is 0.581. The number of halogens is 1. The van der Waals surface area contributed by atoms with Crippen LogP contribution >= 0.6 is 15.9 Å². The summed E-state index contributed by atoms with van der Waals surface area (Å²) in [7, 11) is 2.16. The first-order valence-corrected chi connectivity index (χ1v) is 5.64. The smallest absolute Gasteiger partial charge is 0.197 e. The molecule has 1 aliphatic heterocycles. The molecule has 0 saturated carbocycles. The Kier molecular flexibility index (Phi) is 2.83. The van der Waals surface area contributed by atoms with Crippen molar-refractivity contribution in [3.05, 3.63) is 22.2 Å². The van der Waals surface area contributed by atoms with Gasteiger partial charge in [0.2, 0.25) is 0 Å². The Morgan fingerprint density at radius 2 is 2.29 bits per heavy atom. The van der Waals surface area contributed by atoms with Crippen LogP contribution in [0.3, 0.4) is 0 Å². The van der Waals surface area contributed by atoms with Gasteiger partial charge < -0.3 is 4.90 Å². The summed E-state index contributed by atoms with van der Waals surface area (Å²) in [6.45, 7) is 4.29. The van der Waals surface area contributed by atoms with Crippen molar-refractivity contribution in [1.82, 2.24) is 14.9 Å². The van der Waals surface area contributed by atoms with Crippen LogP contribution in [0.25, 0.3) is 0 Å². The van der Waals surface area contributed by atoms with Crippen molar-refractivity contribution in [3.63, 3.8) is 0 Å².